The van der Waals surface area contributed by atoms with E-state index >= 15 is 0 Å². The quantitative estimate of drug-likeness (QED) is 0.684. The average molecular weight is 395 g/mol. The van der Waals surface area contributed by atoms with Crippen LogP contribution in [0.3, 0.4) is 0 Å². The molecule has 0 radical (unpaired) electrons. The van der Waals surface area contributed by atoms with Crippen LogP contribution >= 0.6 is 0 Å². The van der Waals surface area contributed by atoms with Gasteiger partial charge in [0.15, 0.2) is 0 Å². The lowest BCUT2D eigenvalue weighted by atomic mass is 10.0. The number of methoxy groups -OCH3 is 1. The largest absolute Gasteiger partial charge is 0.496 e. The van der Waals surface area contributed by atoms with Gasteiger partial charge in [0.2, 0.25) is 0 Å². The Morgan fingerprint density at radius 1 is 1.28 bits per heavy atom. The third-order valence-electron chi connectivity index (χ3n) is 5.22. The summed E-state index contributed by atoms with van der Waals surface area (Å²) in [6.45, 7) is 1.46. The fraction of sp³-hybridized carbons (Fsp3) is 0.273. The highest BCUT2D eigenvalue weighted by molar-refractivity contribution is 5.96. The topological polar surface area (TPSA) is 78.5 Å². The van der Waals surface area contributed by atoms with Gasteiger partial charge in [-0.1, -0.05) is 6.08 Å². The molecule has 3 aromatic rings. The molecule has 1 aromatic carbocycles. The molecule has 0 saturated heterocycles. The maximum atomic E-state index is 13.9. The highest BCUT2D eigenvalue weighted by atomic mass is 19.1. The Kier molecular flexibility index (Phi) is 5.31. The molecule has 2 N–H and O–H groups in total. The van der Waals surface area contributed by atoms with E-state index in [-0.39, 0.29) is 12.4 Å². The first kappa shape index (κ1) is 19.1. The van der Waals surface area contributed by atoms with E-state index in [1.165, 1.54) is 12.1 Å². The number of carbonyl (C=O) groups is 1. The van der Waals surface area contributed by atoms with Crippen molar-refractivity contribution in [2.75, 3.05) is 26.7 Å². The smallest absolute Gasteiger partial charge is 0.317 e. The van der Waals surface area contributed by atoms with E-state index in [1.54, 1.807) is 19.4 Å². The molecule has 4 rings (SSSR count). The van der Waals surface area contributed by atoms with Gasteiger partial charge < -0.3 is 14.8 Å². The van der Waals surface area contributed by atoms with Gasteiger partial charge in [0.1, 0.15) is 17.2 Å². The van der Waals surface area contributed by atoms with Crippen molar-refractivity contribution in [2.45, 2.75) is 12.8 Å². The normalized spacial score (nSPS) is 15.2. The molecule has 2 aromatic heterocycles. The van der Waals surface area contributed by atoms with Crippen LogP contribution in [-0.4, -0.2) is 52.7 Å². The lowest BCUT2D eigenvalue weighted by Crippen LogP contribution is -2.30. The third-order valence-corrected chi connectivity index (χ3v) is 5.22. The van der Waals surface area contributed by atoms with Crippen LogP contribution in [0.25, 0.3) is 27.7 Å². The highest BCUT2D eigenvalue weighted by Gasteiger charge is 2.17. The molecule has 7 heteroatoms. The number of pyridine rings is 1. The van der Waals surface area contributed by atoms with Crippen LogP contribution in [0, 0.1) is 5.82 Å². The molecule has 1 aliphatic rings. The number of H-pyrrole nitrogens is 1. The number of aliphatic carboxylic acids is 1. The van der Waals surface area contributed by atoms with Gasteiger partial charge in [-0.3, -0.25) is 9.69 Å². The number of aromatic amines is 1. The fourth-order valence-electron chi connectivity index (χ4n) is 3.83. The average Bonchev–Trinajstić information content (AvgIpc) is 3.01. The summed E-state index contributed by atoms with van der Waals surface area (Å²) in [7, 11) is 1.57. The molecule has 0 fully saturated rings. The number of hydrogen-bond donors (Lipinski definition) is 2. The number of fused-ring (bicyclic) bond motifs is 1. The first-order chi connectivity index (χ1) is 14.0. The number of nitrogens with zero attached hydrogens (tertiary/aromatic N) is 2. The summed E-state index contributed by atoms with van der Waals surface area (Å²) in [5.74, 6) is -0.539. The van der Waals surface area contributed by atoms with Crippen LogP contribution in [0.15, 0.2) is 42.6 Å². The highest BCUT2D eigenvalue weighted by Crippen LogP contribution is 2.36. The molecule has 0 aliphatic carbocycles. The number of carboxylic acid groups (broad SMARTS) is 1. The molecule has 0 spiro atoms. The van der Waals surface area contributed by atoms with Crippen molar-refractivity contribution in [1.29, 1.82) is 0 Å². The molecule has 150 valence electrons. The Labute approximate surface area is 167 Å². The number of hydrogen-bond acceptors (Lipinski definition) is 4. The molecule has 29 heavy (non-hydrogen) atoms. The maximum Gasteiger partial charge on any atom is 0.317 e. The summed E-state index contributed by atoms with van der Waals surface area (Å²) in [6, 6.07) is 8.35. The van der Waals surface area contributed by atoms with Gasteiger partial charge in [0, 0.05) is 35.9 Å². The van der Waals surface area contributed by atoms with Gasteiger partial charge in [-0.25, -0.2) is 9.37 Å². The van der Waals surface area contributed by atoms with Gasteiger partial charge >= 0.3 is 5.97 Å². The van der Waals surface area contributed by atoms with Gasteiger partial charge in [-0.05, 0) is 54.3 Å². The van der Waals surface area contributed by atoms with Gasteiger partial charge in [0.25, 0.3) is 0 Å². The molecule has 0 atom stereocenters. The van der Waals surface area contributed by atoms with Gasteiger partial charge in [-0.2, -0.15) is 0 Å². The zero-order valence-electron chi connectivity index (χ0n) is 16.1. The van der Waals surface area contributed by atoms with Crippen LogP contribution in [0.4, 0.5) is 4.39 Å². The molecule has 0 unspecified atom stereocenters. The predicted molar refractivity (Wildman–Crippen MR) is 109 cm³/mol. The Balaban J connectivity index is 1.70. The van der Waals surface area contributed by atoms with E-state index in [2.05, 4.69) is 16.0 Å². The summed E-state index contributed by atoms with van der Waals surface area (Å²) >= 11 is 0. The molecular weight excluding hydrogens is 373 g/mol. The second-order valence-electron chi connectivity index (χ2n) is 7.09. The van der Waals surface area contributed by atoms with E-state index < -0.39 is 5.97 Å². The number of rotatable bonds is 5. The number of aromatic nitrogens is 2. The Bertz CT molecular complexity index is 1090. The Hall–Kier alpha value is -3.19. The SMILES string of the molecule is COc1ccc(F)cc1-c1ccnc2[nH]c(C3=CCCN(CC(=O)O)CC3)cc12. The molecule has 0 amide bonds. The number of benzene rings is 1. The second-order valence-corrected chi connectivity index (χ2v) is 7.09. The second kappa shape index (κ2) is 8.05. The minimum Gasteiger partial charge on any atom is -0.496 e. The van der Waals surface area contributed by atoms with E-state index in [1.807, 2.05) is 17.0 Å². The molecular formula is C22H22FN3O3. The summed E-state index contributed by atoms with van der Waals surface area (Å²) in [5.41, 5.74) is 4.32. The minimum atomic E-state index is -0.808. The van der Waals surface area contributed by atoms with Crippen molar-refractivity contribution in [3.05, 3.63) is 54.1 Å². The van der Waals surface area contributed by atoms with Crippen LogP contribution in [-0.2, 0) is 4.79 Å². The monoisotopic (exact) mass is 395 g/mol. The molecule has 3 heterocycles. The number of ether oxygens (including phenoxy) is 1. The van der Waals surface area contributed by atoms with E-state index in [4.69, 9.17) is 9.84 Å². The first-order valence-electron chi connectivity index (χ1n) is 9.50. The molecule has 1 aliphatic heterocycles. The van der Waals surface area contributed by atoms with Crippen molar-refractivity contribution in [2.24, 2.45) is 0 Å². The van der Waals surface area contributed by atoms with Gasteiger partial charge in [-0.15, -0.1) is 0 Å². The third kappa shape index (κ3) is 4.00. The van der Waals surface area contributed by atoms with E-state index in [0.29, 0.717) is 17.9 Å². The Morgan fingerprint density at radius 2 is 2.14 bits per heavy atom. The minimum absolute atomic E-state index is 0.0545. The number of carboxylic acids is 1. The molecule has 6 nitrogen and oxygen atoms in total. The van der Waals surface area contributed by atoms with Crippen molar-refractivity contribution in [3.63, 3.8) is 0 Å². The van der Waals surface area contributed by atoms with Crippen molar-refractivity contribution >= 4 is 22.6 Å². The Morgan fingerprint density at radius 3 is 2.93 bits per heavy atom. The van der Waals surface area contributed by atoms with Gasteiger partial charge in [0.05, 0.1) is 13.7 Å². The summed E-state index contributed by atoms with van der Waals surface area (Å²) in [4.78, 5) is 20.7. The van der Waals surface area contributed by atoms with Crippen molar-refractivity contribution < 1.29 is 19.0 Å². The van der Waals surface area contributed by atoms with Crippen molar-refractivity contribution in [1.82, 2.24) is 14.9 Å². The summed E-state index contributed by atoms with van der Waals surface area (Å²) in [5, 5.41) is 9.91. The fourth-order valence-corrected chi connectivity index (χ4v) is 3.83. The maximum absolute atomic E-state index is 13.9. The van der Waals surface area contributed by atoms with Crippen LogP contribution in [0.2, 0.25) is 0 Å². The van der Waals surface area contributed by atoms with E-state index in [9.17, 15) is 9.18 Å². The summed E-state index contributed by atoms with van der Waals surface area (Å²) < 4.78 is 19.3. The zero-order valence-corrected chi connectivity index (χ0v) is 16.1. The van der Waals surface area contributed by atoms with Crippen molar-refractivity contribution in [3.8, 4) is 16.9 Å². The lowest BCUT2D eigenvalue weighted by molar-refractivity contribution is -0.138. The first-order valence-corrected chi connectivity index (χ1v) is 9.50. The number of nitrogens with one attached hydrogen (secondary N) is 1. The van der Waals surface area contributed by atoms with Crippen LogP contribution in [0.1, 0.15) is 18.5 Å². The lowest BCUT2D eigenvalue weighted by Gasteiger charge is -2.16. The predicted octanol–water partition coefficient (Wildman–Crippen LogP) is 3.94. The standard InChI is InChI=1S/C22H22FN3O3/c1-29-20-5-4-15(23)11-17(20)16-6-8-24-22-18(16)12-19(25-22)14-3-2-9-26(10-7-14)13-21(27)28/h3-6,8,11-12H,2,7,9-10,13H2,1H3,(H,24,25)(H,27,28). The molecule has 0 bridgehead atoms. The van der Waals surface area contributed by atoms with Crippen LogP contribution < -0.4 is 4.74 Å². The number of halogens is 1. The van der Waals surface area contributed by atoms with Crippen LogP contribution in [0.5, 0.6) is 5.75 Å². The van der Waals surface area contributed by atoms with E-state index in [0.717, 1.165) is 47.3 Å². The summed E-state index contributed by atoms with van der Waals surface area (Å²) in [6.07, 6.45) is 5.38. The molecule has 0 saturated carbocycles. The zero-order chi connectivity index (χ0) is 20.4.